The van der Waals surface area contributed by atoms with Crippen LogP contribution in [0, 0.1) is 0 Å². The van der Waals surface area contributed by atoms with Gasteiger partial charge >= 0.3 is 12.0 Å². The highest BCUT2D eigenvalue weighted by Gasteiger charge is 2.21. The third-order valence-electron chi connectivity index (χ3n) is 3.19. The monoisotopic (exact) mass is 308 g/mol. The van der Waals surface area contributed by atoms with E-state index in [1.807, 2.05) is 30.3 Å². The number of ether oxygens (including phenoxy) is 1. The van der Waals surface area contributed by atoms with E-state index in [1.54, 1.807) is 0 Å². The molecule has 22 heavy (non-hydrogen) atoms. The Morgan fingerprint density at radius 1 is 1.18 bits per heavy atom. The maximum atomic E-state index is 11.8. The van der Waals surface area contributed by atoms with Crippen molar-refractivity contribution < 1.29 is 19.4 Å². The number of hydrogen-bond acceptors (Lipinski definition) is 4. The molecule has 0 fully saturated rings. The van der Waals surface area contributed by atoms with Crippen LogP contribution in [0.3, 0.4) is 0 Å². The molecule has 0 bridgehead atoms. The van der Waals surface area contributed by atoms with E-state index in [4.69, 9.17) is 9.84 Å². The average Bonchev–Trinajstić information content (AvgIpc) is 2.54. The molecule has 3 N–H and O–H groups in total. The second-order valence-corrected chi connectivity index (χ2v) is 4.95. The maximum Gasteiger partial charge on any atom is 0.328 e. The quantitative estimate of drug-likeness (QED) is 0.473. The Hall–Kier alpha value is -2.08. The predicted molar refractivity (Wildman–Crippen MR) is 83.4 cm³/mol. The lowest BCUT2D eigenvalue weighted by molar-refractivity contribution is -0.142. The Kier molecular flexibility index (Phi) is 8.67. The van der Waals surface area contributed by atoms with E-state index in [9.17, 15) is 9.59 Å². The van der Waals surface area contributed by atoms with Crippen LogP contribution in [0.2, 0.25) is 0 Å². The lowest BCUT2D eigenvalue weighted by atomic mass is 10.1. The summed E-state index contributed by atoms with van der Waals surface area (Å²) in [5.41, 5.74) is 0.946. The standard InChI is InChI=1S/C16H24N2O4/c1-22-15(20)14(12-13-8-4-2-5-9-13)18-16(21)17-10-6-3-7-11-19/h2,4-5,8-9,14,19H,3,6-7,10-12H2,1H3,(H2,17,18,21)/t14-/m0/s1. The summed E-state index contributed by atoms with van der Waals surface area (Å²) in [7, 11) is 1.30. The molecule has 0 aliphatic heterocycles. The number of methoxy groups -OCH3 is 1. The molecule has 1 rings (SSSR count). The normalized spacial score (nSPS) is 11.5. The number of rotatable bonds is 9. The molecule has 2 amide bonds. The Labute approximate surface area is 130 Å². The number of carbonyl (C=O) groups excluding carboxylic acids is 2. The molecule has 0 heterocycles. The molecular weight excluding hydrogens is 284 g/mol. The van der Waals surface area contributed by atoms with Crippen LogP contribution >= 0.6 is 0 Å². The van der Waals surface area contributed by atoms with Crippen LogP contribution in [0.5, 0.6) is 0 Å². The predicted octanol–water partition coefficient (Wildman–Crippen LogP) is 1.23. The summed E-state index contributed by atoms with van der Waals surface area (Å²) in [6, 6.07) is 8.33. The Morgan fingerprint density at radius 3 is 2.55 bits per heavy atom. The number of aliphatic hydroxyl groups excluding tert-OH is 1. The number of aliphatic hydroxyl groups is 1. The van der Waals surface area contributed by atoms with Gasteiger partial charge < -0.3 is 20.5 Å². The fraction of sp³-hybridized carbons (Fsp3) is 0.500. The van der Waals surface area contributed by atoms with E-state index in [0.29, 0.717) is 13.0 Å². The topological polar surface area (TPSA) is 87.7 Å². The second-order valence-electron chi connectivity index (χ2n) is 4.95. The van der Waals surface area contributed by atoms with Crippen molar-refractivity contribution in [2.45, 2.75) is 31.7 Å². The number of benzene rings is 1. The van der Waals surface area contributed by atoms with E-state index in [0.717, 1.165) is 24.8 Å². The Morgan fingerprint density at radius 2 is 1.91 bits per heavy atom. The van der Waals surface area contributed by atoms with Gasteiger partial charge in [-0.25, -0.2) is 9.59 Å². The zero-order valence-corrected chi connectivity index (χ0v) is 12.9. The van der Waals surface area contributed by atoms with Gasteiger partial charge in [-0.1, -0.05) is 30.3 Å². The smallest absolute Gasteiger partial charge is 0.328 e. The summed E-state index contributed by atoms with van der Waals surface area (Å²) >= 11 is 0. The van der Waals surface area contributed by atoms with Crippen LogP contribution in [0.4, 0.5) is 4.79 Å². The van der Waals surface area contributed by atoms with Gasteiger partial charge in [0.05, 0.1) is 7.11 Å². The molecule has 6 heteroatoms. The van der Waals surface area contributed by atoms with Crippen LogP contribution in [0.1, 0.15) is 24.8 Å². The summed E-state index contributed by atoms with van der Waals surface area (Å²) in [6.45, 7) is 0.665. The molecule has 0 aliphatic rings. The van der Waals surface area contributed by atoms with Crippen LogP contribution in [-0.2, 0) is 16.0 Å². The first-order valence-electron chi connectivity index (χ1n) is 7.44. The number of amides is 2. The Bertz CT molecular complexity index is 451. The molecule has 0 radical (unpaired) electrons. The van der Waals surface area contributed by atoms with Gasteiger partial charge in [0.2, 0.25) is 0 Å². The number of carbonyl (C=O) groups is 2. The van der Waals surface area contributed by atoms with Gasteiger partial charge in [-0.15, -0.1) is 0 Å². The van der Waals surface area contributed by atoms with Crippen LogP contribution in [-0.4, -0.2) is 43.4 Å². The van der Waals surface area contributed by atoms with Crippen LogP contribution in [0.15, 0.2) is 30.3 Å². The Balaban J connectivity index is 2.44. The van der Waals surface area contributed by atoms with Crippen molar-refractivity contribution in [1.82, 2.24) is 10.6 Å². The number of hydrogen-bond donors (Lipinski definition) is 3. The zero-order valence-electron chi connectivity index (χ0n) is 12.9. The summed E-state index contributed by atoms with van der Waals surface area (Å²) in [5.74, 6) is -0.473. The van der Waals surface area contributed by atoms with E-state index in [2.05, 4.69) is 10.6 Å². The van der Waals surface area contributed by atoms with Crippen molar-refractivity contribution in [2.24, 2.45) is 0 Å². The SMILES string of the molecule is COC(=O)[C@H](Cc1ccccc1)NC(=O)NCCCCCO. The fourth-order valence-electron chi connectivity index (χ4n) is 2.01. The molecule has 0 saturated carbocycles. The van der Waals surface area contributed by atoms with E-state index >= 15 is 0 Å². The zero-order chi connectivity index (χ0) is 16.2. The lowest BCUT2D eigenvalue weighted by Crippen LogP contribution is -2.47. The number of nitrogens with one attached hydrogen (secondary N) is 2. The maximum absolute atomic E-state index is 11.8. The first kappa shape index (κ1) is 18.0. The molecule has 1 aromatic rings. The van der Waals surface area contributed by atoms with Crippen molar-refractivity contribution in [3.05, 3.63) is 35.9 Å². The molecule has 122 valence electrons. The van der Waals surface area contributed by atoms with Crippen molar-refractivity contribution >= 4 is 12.0 Å². The van der Waals surface area contributed by atoms with Gasteiger partial charge in [0.25, 0.3) is 0 Å². The molecule has 1 atom stereocenters. The van der Waals surface area contributed by atoms with Gasteiger partial charge in [0.1, 0.15) is 6.04 Å². The van der Waals surface area contributed by atoms with Gasteiger partial charge in [-0.05, 0) is 24.8 Å². The first-order chi connectivity index (χ1) is 10.7. The highest BCUT2D eigenvalue weighted by atomic mass is 16.5. The van der Waals surface area contributed by atoms with Crippen molar-refractivity contribution in [2.75, 3.05) is 20.3 Å². The summed E-state index contributed by atoms with van der Waals surface area (Å²) in [5, 5.41) is 14.0. The molecule has 1 aromatic carbocycles. The molecule has 6 nitrogen and oxygen atoms in total. The summed E-state index contributed by atoms with van der Waals surface area (Å²) in [4.78, 5) is 23.6. The largest absolute Gasteiger partial charge is 0.467 e. The van der Waals surface area contributed by atoms with Crippen molar-refractivity contribution in [3.63, 3.8) is 0 Å². The van der Waals surface area contributed by atoms with Crippen molar-refractivity contribution in [1.29, 1.82) is 0 Å². The minimum atomic E-state index is -0.718. The molecule has 0 spiro atoms. The third-order valence-corrected chi connectivity index (χ3v) is 3.19. The highest BCUT2D eigenvalue weighted by molar-refractivity contribution is 5.83. The summed E-state index contributed by atoms with van der Waals surface area (Å²) in [6.07, 6.45) is 2.74. The number of esters is 1. The van der Waals surface area contributed by atoms with E-state index in [-0.39, 0.29) is 6.61 Å². The third kappa shape index (κ3) is 7.08. The summed E-state index contributed by atoms with van der Waals surface area (Å²) < 4.78 is 4.73. The highest BCUT2D eigenvalue weighted by Crippen LogP contribution is 2.04. The lowest BCUT2D eigenvalue weighted by Gasteiger charge is -2.17. The van der Waals surface area contributed by atoms with E-state index < -0.39 is 18.0 Å². The van der Waals surface area contributed by atoms with Gasteiger partial charge in [-0.2, -0.15) is 0 Å². The second kappa shape index (κ2) is 10.6. The van der Waals surface area contributed by atoms with Gasteiger partial charge in [-0.3, -0.25) is 0 Å². The minimum Gasteiger partial charge on any atom is -0.467 e. The van der Waals surface area contributed by atoms with Crippen molar-refractivity contribution in [3.8, 4) is 0 Å². The van der Waals surface area contributed by atoms with E-state index in [1.165, 1.54) is 7.11 Å². The number of unbranched alkanes of at least 4 members (excludes halogenated alkanes) is 2. The van der Waals surface area contributed by atoms with Crippen LogP contribution in [0.25, 0.3) is 0 Å². The molecule has 0 aromatic heterocycles. The minimum absolute atomic E-state index is 0.160. The van der Waals surface area contributed by atoms with Gasteiger partial charge in [0, 0.05) is 19.6 Å². The van der Waals surface area contributed by atoms with Gasteiger partial charge in [0.15, 0.2) is 0 Å². The average molecular weight is 308 g/mol. The molecule has 0 saturated heterocycles. The molecule has 0 unspecified atom stereocenters. The number of urea groups is 1. The fourth-order valence-corrected chi connectivity index (χ4v) is 2.01. The van der Waals surface area contributed by atoms with Crippen LogP contribution < -0.4 is 10.6 Å². The molecular formula is C16H24N2O4. The molecule has 0 aliphatic carbocycles. The first-order valence-corrected chi connectivity index (χ1v) is 7.44.